The van der Waals surface area contributed by atoms with Crippen LogP contribution in [0.4, 0.5) is 0 Å². The maximum absolute atomic E-state index is 11.1. The van der Waals surface area contributed by atoms with Crippen LogP contribution in [0, 0.1) is 5.92 Å². The first-order valence-corrected chi connectivity index (χ1v) is 5.24. The maximum atomic E-state index is 11.1. The molecule has 2 unspecified atom stereocenters. The van der Waals surface area contributed by atoms with E-state index in [1.165, 1.54) is 0 Å². The Labute approximate surface area is 85.1 Å². The van der Waals surface area contributed by atoms with E-state index in [-0.39, 0.29) is 18.0 Å². The fraction of sp³-hybridized carbons (Fsp3) is 0.900. The molecule has 0 aliphatic carbocycles. The average Bonchev–Trinajstić information content (AvgIpc) is 2.02. The number of carbonyl (C=O) groups is 1. The second kappa shape index (κ2) is 4.75. The quantitative estimate of drug-likeness (QED) is 0.697. The molecule has 0 spiro atoms. The molecule has 1 rings (SSSR count). The molecular weight excluding hydrogens is 180 g/mol. The summed E-state index contributed by atoms with van der Waals surface area (Å²) < 4.78 is 0. The number of piperidine rings is 1. The summed E-state index contributed by atoms with van der Waals surface area (Å²) in [6.07, 6.45) is 2.03. The Bertz CT molecular complexity index is 206. The van der Waals surface area contributed by atoms with Crippen molar-refractivity contribution < 1.29 is 9.90 Å². The Morgan fingerprint density at radius 3 is 2.64 bits per heavy atom. The van der Waals surface area contributed by atoms with E-state index in [9.17, 15) is 4.79 Å². The van der Waals surface area contributed by atoms with Gasteiger partial charge in [-0.1, -0.05) is 13.8 Å². The summed E-state index contributed by atoms with van der Waals surface area (Å²) in [4.78, 5) is 13.1. The number of hydrogen-bond donors (Lipinski definition) is 2. The molecule has 1 fully saturated rings. The molecule has 0 aromatic heterocycles. The van der Waals surface area contributed by atoms with Gasteiger partial charge in [0, 0.05) is 12.6 Å². The third-order valence-electron chi connectivity index (χ3n) is 2.77. The third kappa shape index (κ3) is 2.69. The summed E-state index contributed by atoms with van der Waals surface area (Å²) in [5.74, 6) is -0.591. The lowest BCUT2D eigenvalue weighted by atomic mass is 9.98. The van der Waals surface area contributed by atoms with Gasteiger partial charge in [0.25, 0.3) is 0 Å². The number of likely N-dealkylation sites (tertiary alicyclic amines) is 1. The molecule has 0 aromatic carbocycles. The van der Waals surface area contributed by atoms with Crippen LogP contribution >= 0.6 is 0 Å². The zero-order valence-electron chi connectivity index (χ0n) is 8.94. The van der Waals surface area contributed by atoms with Gasteiger partial charge in [-0.25, -0.2) is 0 Å². The van der Waals surface area contributed by atoms with Crippen molar-refractivity contribution in [2.75, 3.05) is 13.1 Å². The highest BCUT2D eigenvalue weighted by Crippen LogP contribution is 2.17. The molecule has 4 nitrogen and oxygen atoms in total. The van der Waals surface area contributed by atoms with Crippen LogP contribution in [-0.4, -0.2) is 41.1 Å². The number of nitrogens with zero attached hydrogens (tertiary/aromatic N) is 1. The van der Waals surface area contributed by atoms with Crippen molar-refractivity contribution in [3.8, 4) is 0 Å². The van der Waals surface area contributed by atoms with Crippen LogP contribution < -0.4 is 5.73 Å². The lowest BCUT2D eigenvalue weighted by Gasteiger charge is -2.36. The van der Waals surface area contributed by atoms with Crippen LogP contribution in [-0.2, 0) is 4.79 Å². The van der Waals surface area contributed by atoms with Gasteiger partial charge >= 0.3 is 5.97 Å². The molecule has 0 saturated carbocycles. The minimum absolute atomic E-state index is 0.137. The molecule has 82 valence electrons. The number of carboxylic acids is 1. The van der Waals surface area contributed by atoms with Crippen LogP contribution in [0.15, 0.2) is 0 Å². The molecule has 1 saturated heterocycles. The molecule has 0 bridgehead atoms. The van der Waals surface area contributed by atoms with Gasteiger partial charge in [-0.2, -0.15) is 0 Å². The van der Waals surface area contributed by atoms with Crippen molar-refractivity contribution >= 4 is 5.97 Å². The van der Waals surface area contributed by atoms with Gasteiger partial charge < -0.3 is 10.8 Å². The fourth-order valence-corrected chi connectivity index (χ4v) is 2.16. The van der Waals surface area contributed by atoms with E-state index < -0.39 is 5.97 Å². The van der Waals surface area contributed by atoms with Gasteiger partial charge in [0.1, 0.15) is 6.04 Å². The van der Waals surface area contributed by atoms with Gasteiger partial charge in [-0.3, -0.25) is 9.69 Å². The van der Waals surface area contributed by atoms with Crippen molar-refractivity contribution in [3.05, 3.63) is 0 Å². The average molecular weight is 200 g/mol. The summed E-state index contributed by atoms with van der Waals surface area (Å²) in [6, 6.07) is -0.231. The van der Waals surface area contributed by atoms with Crippen LogP contribution in [0.1, 0.15) is 26.7 Å². The van der Waals surface area contributed by atoms with Crippen LogP contribution in [0.2, 0.25) is 0 Å². The first-order valence-electron chi connectivity index (χ1n) is 5.24. The van der Waals surface area contributed by atoms with Crippen molar-refractivity contribution in [1.82, 2.24) is 4.90 Å². The van der Waals surface area contributed by atoms with Crippen molar-refractivity contribution in [2.24, 2.45) is 11.7 Å². The Morgan fingerprint density at radius 2 is 2.21 bits per heavy atom. The number of aliphatic carboxylic acids is 1. The van der Waals surface area contributed by atoms with E-state index in [4.69, 9.17) is 10.8 Å². The zero-order valence-corrected chi connectivity index (χ0v) is 8.94. The lowest BCUT2D eigenvalue weighted by Crippen LogP contribution is -2.52. The maximum Gasteiger partial charge on any atom is 0.321 e. The summed E-state index contributed by atoms with van der Waals surface area (Å²) in [6.45, 7) is 5.47. The van der Waals surface area contributed by atoms with E-state index in [2.05, 4.69) is 0 Å². The van der Waals surface area contributed by atoms with Crippen LogP contribution in [0.5, 0.6) is 0 Å². The molecule has 1 aliphatic heterocycles. The van der Waals surface area contributed by atoms with Gasteiger partial charge in [-0.15, -0.1) is 0 Å². The Hall–Kier alpha value is -0.610. The highest BCUT2D eigenvalue weighted by Gasteiger charge is 2.31. The van der Waals surface area contributed by atoms with Gasteiger partial charge in [0.15, 0.2) is 0 Å². The highest BCUT2D eigenvalue weighted by molar-refractivity contribution is 5.73. The molecule has 1 heterocycles. The van der Waals surface area contributed by atoms with Gasteiger partial charge in [-0.05, 0) is 25.3 Å². The van der Waals surface area contributed by atoms with E-state index in [0.29, 0.717) is 0 Å². The summed E-state index contributed by atoms with van der Waals surface area (Å²) in [7, 11) is 0. The predicted molar refractivity (Wildman–Crippen MR) is 55.0 cm³/mol. The van der Waals surface area contributed by atoms with Crippen molar-refractivity contribution in [3.63, 3.8) is 0 Å². The summed E-state index contributed by atoms with van der Waals surface area (Å²) >= 11 is 0. The number of carboxylic acid groups (broad SMARTS) is 1. The molecule has 14 heavy (non-hydrogen) atoms. The lowest BCUT2D eigenvalue weighted by molar-refractivity contribution is -0.145. The Morgan fingerprint density at radius 1 is 1.57 bits per heavy atom. The molecule has 0 amide bonds. The third-order valence-corrected chi connectivity index (χ3v) is 2.77. The van der Waals surface area contributed by atoms with E-state index in [0.717, 1.165) is 25.9 Å². The topological polar surface area (TPSA) is 66.6 Å². The monoisotopic (exact) mass is 200 g/mol. The molecule has 4 heteroatoms. The second-order valence-electron chi connectivity index (χ2n) is 4.42. The smallest absolute Gasteiger partial charge is 0.321 e. The number of hydrogen-bond acceptors (Lipinski definition) is 3. The Balaban J connectivity index is 2.63. The summed E-state index contributed by atoms with van der Waals surface area (Å²) in [5.41, 5.74) is 5.83. The molecule has 0 aromatic rings. The molecule has 3 N–H and O–H groups in total. The van der Waals surface area contributed by atoms with Gasteiger partial charge in [0.2, 0.25) is 0 Å². The second-order valence-corrected chi connectivity index (χ2v) is 4.42. The SMILES string of the molecule is CC(C)C(C(=O)O)N1CCCC(N)C1. The zero-order chi connectivity index (χ0) is 10.7. The van der Waals surface area contributed by atoms with Crippen molar-refractivity contribution in [2.45, 2.75) is 38.8 Å². The fourth-order valence-electron chi connectivity index (χ4n) is 2.16. The minimum Gasteiger partial charge on any atom is -0.480 e. The first-order chi connectivity index (χ1) is 6.52. The predicted octanol–water partition coefficient (Wildman–Crippen LogP) is 0.519. The normalized spacial score (nSPS) is 26.4. The van der Waals surface area contributed by atoms with Crippen LogP contribution in [0.25, 0.3) is 0 Å². The van der Waals surface area contributed by atoms with E-state index >= 15 is 0 Å². The summed E-state index contributed by atoms with van der Waals surface area (Å²) in [5, 5.41) is 9.10. The van der Waals surface area contributed by atoms with Crippen molar-refractivity contribution in [1.29, 1.82) is 0 Å². The highest BCUT2D eigenvalue weighted by atomic mass is 16.4. The molecule has 1 aliphatic rings. The molecular formula is C10H20N2O2. The van der Waals surface area contributed by atoms with Gasteiger partial charge in [0.05, 0.1) is 0 Å². The molecule has 2 atom stereocenters. The Kier molecular flexibility index (Phi) is 3.89. The molecule has 0 radical (unpaired) electrons. The standard InChI is InChI=1S/C10H20N2O2/c1-7(2)9(10(13)14)12-5-3-4-8(11)6-12/h7-9H,3-6,11H2,1-2H3,(H,13,14). The minimum atomic E-state index is -0.728. The largest absolute Gasteiger partial charge is 0.480 e. The van der Waals surface area contributed by atoms with E-state index in [1.807, 2.05) is 18.7 Å². The van der Waals surface area contributed by atoms with Crippen LogP contribution in [0.3, 0.4) is 0 Å². The van der Waals surface area contributed by atoms with E-state index in [1.54, 1.807) is 0 Å². The first kappa shape index (κ1) is 11.5. The number of nitrogens with two attached hydrogens (primary N) is 1. The number of rotatable bonds is 3.